The van der Waals surface area contributed by atoms with Crippen molar-refractivity contribution < 1.29 is 4.39 Å². The average molecular weight is 281 g/mol. The molecule has 1 aromatic rings. The van der Waals surface area contributed by atoms with E-state index in [4.69, 9.17) is 0 Å². The zero-order chi connectivity index (χ0) is 15.1. The van der Waals surface area contributed by atoms with Crippen molar-refractivity contribution in [1.29, 1.82) is 0 Å². The van der Waals surface area contributed by atoms with E-state index in [9.17, 15) is 4.39 Å². The van der Waals surface area contributed by atoms with E-state index in [2.05, 4.69) is 56.0 Å². The lowest BCUT2D eigenvalue weighted by Crippen LogP contribution is -2.40. The van der Waals surface area contributed by atoms with Crippen molar-refractivity contribution in [3.8, 4) is 0 Å². The van der Waals surface area contributed by atoms with Gasteiger partial charge in [-0.25, -0.2) is 4.39 Å². The number of likely N-dealkylation sites (N-methyl/N-ethyl adjacent to an activating group) is 2. The van der Waals surface area contributed by atoms with Crippen molar-refractivity contribution in [3.63, 3.8) is 0 Å². The molecule has 0 aliphatic heterocycles. The van der Waals surface area contributed by atoms with Gasteiger partial charge in [0.2, 0.25) is 0 Å². The number of nitrogens with one attached hydrogen (secondary N) is 1. The van der Waals surface area contributed by atoms with Crippen LogP contribution in [0.1, 0.15) is 26.3 Å². The molecule has 1 N–H and O–H groups in total. The molecule has 1 rings (SSSR count). The van der Waals surface area contributed by atoms with Crippen LogP contribution in [0.25, 0.3) is 0 Å². The third-order valence-electron chi connectivity index (χ3n) is 3.36. The molecule has 0 aliphatic carbocycles. The molecule has 0 fully saturated rings. The first-order valence-electron chi connectivity index (χ1n) is 7.39. The standard InChI is InChI=1S/C16H28FN3/c1-6-18-11-14-8-15(17)10-16(9-14)20(7-2)13(3)12-19(4)5/h8-10,13,18H,6-7,11-12H2,1-5H3. The van der Waals surface area contributed by atoms with Crippen LogP contribution in [-0.2, 0) is 6.54 Å². The van der Waals surface area contributed by atoms with Crippen LogP contribution in [0.15, 0.2) is 18.2 Å². The summed E-state index contributed by atoms with van der Waals surface area (Å²) in [5, 5.41) is 3.24. The summed E-state index contributed by atoms with van der Waals surface area (Å²) in [7, 11) is 4.12. The van der Waals surface area contributed by atoms with E-state index >= 15 is 0 Å². The molecule has 3 nitrogen and oxygen atoms in total. The molecule has 0 saturated heterocycles. The zero-order valence-electron chi connectivity index (χ0n) is 13.4. The van der Waals surface area contributed by atoms with Crippen LogP contribution < -0.4 is 10.2 Å². The van der Waals surface area contributed by atoms with Crippen LogP contribution >= 0.6 is 0 Å². The van der Waals surface area contributed by atoms with Gasteiger partial charge < -0.3 is 15.1 Å². The van der Waals surface area contributed by atoms with Gasteiger partial charge in [-0.2, -0.15) is 0 Å². The Labute approximate surface area is 122 Å². The Hall–Kier alpha value is -1.13. The molecule has 4 heteroatoms. The summed E-state index contributed by atoms with van der Waals surface area (Å²) in [6.07, 6.45) is 0. The quantitative estimate of drug-likeness (QED) is 0.790. The van der Waals surface area contributed by atoms with E-state index < -0.39 is 0 Å². The van der Waals surface area contributed by atoms with E-state index in [0.717, 1.165) is 30.9 Å². The molecule has 0 aromatic heterocycles. The van der Waals surface area contributed by atoms with Crippen LogP contribution in [0.2, 0.25) is 0 Å². The number of hydrogen-bond donors (Lipinski definition) is 1. The van der Waals surface area contributed by atoms with Crippen molar-refractivity contribution in [2.45, 2.75) is 33.4 Å². The Morgan fingerprint density at radius 2 is 1.90 bits per heavy atom. The third-order valence-corrected chi connectivity index (χ3v) is 3.36. The van der Waals surface area contributed by atoms with Crippen LogP contribution in [0, 0.1) is 5.82 Å². The average Bonchev–Trinajstić information content (AvgIpc) is 2.35. The highest BCUT2D eigenvalue weighted by Gasteiger charge is 2.15. The summed E-state index contributed by atoms with van der Waals surface area (Å²) in [4.78, 5) is 4.41. The largest absolute Gasteiger partial charge is 0.368 e. The number of anilines is 1. The maximum atomic E-state index is 13.8. The SMILES string of the molecule is CCNCc1cc(F)cc(N(CC)C(C)CN(C)C)c1. The molecule has 1 unspecified atom stereocenters. The third kappa shape index (κ3) is 5.10. The van der Waals surface area contributed by atoms with E-state index in [1.54, 1.807) is 12.1 Å². The fraction of sp³-hybridized carbons (Fsp3) is 0.625. The molecule has 0 saturated carbocycles. The van der Waals surface area contributed by atoms with Gasteiger partial charge in [-0.3, -0.25) is 0 Å². The van der Waals surface area contributed by atoms with Gasteiger partial charge in [-0.1, -0.05) is 6.92 Å². The lowest BCUT2D eigenvalue weighted by Gasteiger charge is -2.32. The van der Waals surface area contributed by atoms with Gasteiger partial charge in [-0.15, -0.1) is 0 Å². The van der Waals surface area contributed by atoms with Crippen molar-refractivity contribution >= 4 is 5.69 Å². The fourth-order valence-electron chi connectivity index (χ4n) is 2.55. The normalized spacial score (nSPS) is 12.8. The van der Waals surface area contributed by atoms with E-state index in [-0.39, 0.29) is 5.82 Å². The first-order valence-corrected chi connectivity index (χ1v) is 7.39. The molecule has 0 heterocycles. The number of benzene rings is 1. The van der Waals surface area contributed by atoms with E-state index in [0.29, 0.717) is 12.6 Å². The molecule has 114 valence electrons. The lowest BCUT2D eigenvalue weighted by atomic mass is 10.1. The molecule has 0 bridgehead atoms. The Kier molecular flexibility index (Phi) is 6.96. The number of halogens is 1. The molecule has 20 heavy (non-hydrogen) atoms. The fourth-order valence-corrected chi connectivity index (χ4v) is 2.55. The molecular formula is C16H28FN3. The number of hydrogen-bond acceptors (Lipinski definition) is 3. The Morgan fingerprint density at radius 3 is 2.45 bits per heavy atom. The second-order valence-electron chi connectivity index (χ2n) is 5.50. The maximum Gasteiger partial charge on any atom is 0.125 e. The van der Waals surface area contributed by atoms with Crippen LogP contribution in [0.3, 0.4) is 0 Å². The highest BCUT2D eigenvalue weighted by molar-refractivity contribution is 5.50. The van der Waals surface area contributed by atoms with Gasteiger partial charge >= 0.3 is 0 Å². The first-order chi connectivity index (χ1) is 9.47. The smallest absolute Gasteiger partial charge is 0.125 e. The van der Waals surface area contributed by atoms with Gasteiger partial charge in [0.05, 0.1) is 0 Å². The lowest BCUT2D eigenvalue weighted by molar-refractivity contribution is 0.373. The zero-order valence-corrected chi connectivity index (χ0v) is 13.4. The molecule has 0 aliphatic rings. The number of nitrogens with zero attached hydrogens (tertiary/aromatic N) is 2. The predicted molar refractivity (Wildman–Crippen MR) is 84.8 cm³/mol. The van der Waals surface area contributed by atoms with Crippen LogP contribution in [-0.4, -0.2) is 44.7 Å². The highest BCUT2D eigenvalue weighted by atomic mass is 19.1. The van der Waals surface area contributed by atoms with Gasteiger partial charge in [0.1, 0.15) is 5.82 Å². The minimum absolute atomic E-state index is 0.161. The summed E-state index contributed by atoms with van der Waals surface area (Å²) < 4.78 is 13.8. The summed E-state index contributed by atoms with van der Waals surface area (Å²) in [5.74, 6) is -0.161. The summed E-state index contributed by atoms with van der Waals surface area (Å²) in [6, 6.07) is 5.67. The molecule has 0 spiro atoms. The van der Waals surface area contributed by atoms with Crippen LogP contribution in [0.5, 0.6) is 0 Å². The van der Waals surface area contributed by atoms with Gasteiger partial charge in [-0.05, 0) is 58.3 Å². The van der Waals surface area contributed by atoms with E-state index in [1.807, 2.05) is 0 Å². The summed E-state index contributed by atoms with van der Waals surface area (Å²) in [6.45, 7) is 9.77. The second-order valence-corrected chi connectivity index (χ2v) is 5.50. The Bertz CT molecular complexity index is 407. The predicted octanol–water partition coefficient (Wildman–Crippen LogP) is 2.71. The van der Waals surface area contributed by atoms with Crippen LogP contribution in [0.4, 0.5) is 10.1 Å². The minimum Gasteiger partial charge on any atom is -0.368 e. The molecule has 0 radical (unpaired) electrons. The monoisotopic (exact) mass is 281 g/mol. The van der Waals surface area contributed by atoms with Gasteiger partial charge in [0.25, 0.3) is 0 Å². The molecule has 1 aromatic carbocycles. The highest BCUT2D eigenvalue weighted by Crippen LogP contribution is 2.21. The topological polar surface area (TPSA) is 18.5 Å². The van der Waals surface area contributed by atoms with Gasteiger partial charge in [0.15, 0.2) is 0 Å². The Morgan fingerprint density at radius 1 is 1.20 bits per heavy atom. The number of rotatable bonds is 8. The van der Waals surface area contributed by atoms with Crippen molar-refractivity contribution in [2.24, 2.45) is 0 Å². The Balaban J connectivity index is 2.93. The van der Waals surface area contributed by atoms with Gasteiger partial charge in [0, 0.05) is 31.4 Å². The van der Waals surface area contributed by atoms with Crippen molar-refractivity contribution in [3.05, 3.63) is 29.6 Å². The van der Waals surface area contributed by atoms with Crippen molar-refractivity contribution in [2.75, 3.05) is 38.6 Å². The van der Waals surface area contributed by atoms with Crippen molar-refractivity contribution in [1.82, 2.24) is 10.2 Å². The summed E-state index contributed by atoms with van der Waals surface area (Å²) in [5.41, 5.74) is 1.96. The second kappa shape index (κ2) is 8.22. The first kappa shape index (κ1) is 16.9. The molecular weight excluding hydrogens is 253 g/mol. The summed E-state index contributed by atoms with van der Waals surface area (Å²) >= 11 is 0. The van der Waals surface area contributed by atoms with E-state index in [1.165, 1.54) is 0 Å². The minimum atomic E-state index is -0.161. The molecule has 0 amide bonds. The molecule has 1 atom stereocenters. The maximum absolute atomic E-state index is 13.8.